The number of amides is 1. The molecular weight excluding hydrogens is 238 g/mol. The smallest absolute Gasteiger partial charge is 0.230 e. The van der Waals surface area contributed by atoms with Crippen LogP contribution in [-0.2, 0) is 4.79 Å². The second-order valence-corrected chi connectivity index (χ2v) is 5.67. The average Bonchev–Trinajstić information content (AvgIpc) is 2.78. The van der Waals surface area contributed by atoms with E-state index >= 15 is 0 Å². The molecule has 1 heterocycles. The van der Waals surface area contributed by atoms with Crippen LogP contribution in [0, 0.1) is 0 Å². The van der Waals surface area contributed by atoms with Gasteiger partial charge in [-0.05, 0) is 30.2 Å². The normalized spacial score (nSPS) is 19.1. The third-order valence-corrected chi connectivity index (χ3v) is 4.13. The van der Waals surface area contributed by atoms with E-state index in [1.807, 2.05) is 4.68 Å². The molecule has 7 heteroatoms. The summed E-state index contributed by atoms with van der Waals surface area (Å²) in [6.45, 7) is 1.77. The zero-order chi connectivity index (χ0) is 12.3. The fourth-order valence-electron chi connectivity index (χ4n) is 2.03. The van der Waals surface area contributed by atoms with Gasteiger partial charge in [-0.25, -0.2) is 4.68 Å². The summed E-state index contributed by atoms with van der Waals surface area (Å²) < 4.78 is 1.85. The summed E-state index contributed by atoms with van der Waals surface area (Å²) >= 11 is 1.33. The predicted octanol–water partition coefficient (Wildman–Crippen LogP) is 1.14. The number of thioether (sulfide) groups is 1. The largest absolute Gasteiger partial charge is 0.369 e. The molecule has 0 bridgehead atoms. The summed E-state index contributed by atoms with van der Waals surface area (Å²) in [5, 5.41) is 12.1. The summed E-state index contributed by atoms with van der Waals surface area (Å²) in [5.41, 5.74) is 5.24. The number of hydrogen-bond donors (Lipinski definition) is 1. The van der Waals surface area contributed by atoms with Crippen molar-refractivity contribution in [3.8, 4) is 0 Å². The van der Waals surface area contributed by atoms with Crippen molar-refractivity contribution in [1.29, 1.82) is 0 Å². The van der Waals surface area contributed by atoms with E-state index in [2.05, 4.69) is 15.5 Å². The Morgan fingerprint density at radius 2 is 2.18 bits per heavy atom. The van der Waals surface area contributed by atoms with Crippen molar-refractivity contribution in [2.45, 2.75) is 55.5 Å². The van der Waals surface area contributed by atoms with Gasteiger partial charge in [-0.1, -0.05) is 31.0 Å². The molecule has 2 N–H and O–H groups in total. The first kappa shape index (κ1) is 12.3. The molecule has 0 aromatic carbocycles. The van der Waals surface area contributed by atoms with Gasteiger partial charge in [-0.3, -0.25) is 4.79 Å². The Bertz CT molecular complexity index is 388. The van der Waals surface area contributed by atoms with Gasteiger partial charge < -0.3 is 5.73 Å². The number of carbonyl (C=O) groups is 1. The van der Waals surface area contributed by atoms with Crippen LogP contribution in [-0.4, -0.2) is 31.4 Å². The molecule has 1 aliphatic carbocycles. The number of nitrogens with zero attached hydrogens (tertiary/aromatic N) is 4. The van der Waals surface area contributed by atoms with Crippen LogP contribution >= 0.6 is 11.8 Å². The second-order valence-electron chi connectivity index (χ2n) is 4.36. The molecule has 2 rings (SSSR count). The third-order valence-electron chi connectivity index (χ3n) is 3.07. The van der Waals surface area contributed by atoms with E-state index in [1.165, 1.54) is 31.0 Å². The van der Waals surface area contributed by atoms with Crippen LogP contribution in [0.1, 0.15) is 45.1 Å². The van der Waals surface area contributed by atoms with E-state index in [-0.39, 0.29) is 11.2 Å². The van der Waals surface area contributed by atoms with E-state index in [1.54, 1.807) is 6.92 Å². The minimum Gasteiger partial charge on any atom is -0.369 e. The number of aromatic nitrogens is 4. The van der Waals surface area contributed by atoms with Crippen molar-refractivity contribution >= 4 is 17.7 Å². The van der Waals surface area contributed by atoms with E-state index in [4.69, 9.17) is 5.73 Å². The minimum atomic E-state index is -0.340. The standard InChI is InChI=1S/C10H17N5OS/c1-7(9(11)16)17-10-12-13-14-15(10)8-5-3-2-4-6-8/h7-8H,2-6H2,1H3,(H2,11,16)/t7-/m1/s1. The third kappa shape index (κ3) is 2.96. The van der Waals surface area contributed by atoms with Crippen LogP contribution in [0.25, 0.3) is 0 Å². The maximum Gasteiger partial charge on any atom is 0.230 e. The lowest BCUT2D eigenvalue weighted by Gasteiger charge is -2.22. The number of nitrogens with two attached hydrogens (primary N) is 1. The van der Waals surface area contributed by atoms with Crippen molar-refractivity contribution in [2.75, 3.05) is 0 Å². The first-order chi connectivity index (χ1) is 8.18. The van der Waals surface area contributed by atoms with Gasteiger partial charge >= 0.3 is 0 Å². The summed E-state index contributed by atoms with van der Waals surface area (Å²) in [5.74, 6) is -0.340. The van der Waals surface area contributed by atoms with Gasteiger partial charge in [0.2, 0.25) is 11.1 Å². The number of carbonyl (C=O) groups excluding carboxylic acids is 1. The van der Waals surface area contributed by atoms with Crippen LogP contribution < -0.4 is 5.73 Å². The summed E-state index contributed by atoms with van der Waals surface area (Å²) in [7, 11) is 0. The lowest BCUT2D eigenvalue weighted by molar-refractivity contribution is -0.117. The molecule has 6 nitrogen and oxygen atoms in total. The quantitative estimate of drug-likeness (QED) is 0.815. The first-order valence-electron chi connectivity index (χ1n) is 5.92. The van der Waals surface area contributed by atoms with Crippen molar-refractivity contribution in [3.63, 3.8) is 0 Å². The average molecular weight is 255 g/mol. The second kappa shape index (κ2) is 5.48. The minimum absolute atomic E-state index is 0.302. The summed E-state index contributed by atoms with van der Waals surface area (Å²) in [6, 6.07) is 0.376. The molecule has 1 aromatic heterocycles. The van der Waals surface area contributed by atoms with E-state index in [9.17, 15) is 4.79 Å². The number of primary amides is 1. The van der Waals surface area contributed by atoms with Crippen LogP contribution in [0.15, 0.2) is 5.16 Å². The Hall–Kier alpha value is -1.11. The van der Waals surface area contributed by atoms with Crippen LogP contribution in [0.2, 0.25) is 0 Å². The first-order valence-corrected chi connectivity index (χ1v) is 6.80. The summed E-state index contributed by atoms with van der Waals surface area (Å²) in [4.78, 5) is 11.0. The molecule has 0 spiro atoms. The highest BCUT2D eigenvalue weighted by atomic mass is 32.2. The number of rotatable bonds is 4. The van der Waals surface area contributed by atoms with Gasteiger partial charge in [-0.2, -0.15) is 0 Å². The Morgan fingerprint density at radius 1 is 1.47 bits per heavy atom. The van der Waals surface area contributed by atoms with E-state index in [0.717, 1.165) is 12.8 Å². The predicted molar refractivity (Wildman–Crippen MR) is 64.5 cm³/mol. The Balaban J connectivity index is 2.07. The molecule has 1 fully saturated rings. The highest BCUT2D eigenvalue weighted by Crippen LogP contribution is 2.31. The Morgan fingerprint density at radius 3 is 2.82 bits per heavy atom. The molecule has 0 radical (unpaired) electrons. The molecule has 1 saturated carbocycles. The lowest BCUT2D eigenvalue weighted by atomic mass is 9.96. The van der Waals surface area contributed by atoms with Crippen LogP contribution in [0.3, 0.4) is 0 Å². The van der Waals surface area contributed by atoms with Crippen molar-refractivity contribution < 1.29 is 4.79 Å². The number of hydrogen-bond acceptors (Lipinski definition) is 5. The molecule has 1 amide bonds. The molecule has 0 aliphatic heterocycles. The Kier molecular flexibility index (Phi) is 3.98. The highest BCUT2D eigenvalue weighted by Gasteiger charge is 2.22. The maximum atomic E-state index is 11.0. The molecule has 1 atom stereocenters. The van der Waals surface area contributed by atoms with Crippen molar-refractivity contribution in [2.24, 2.45) is 5.73 Å². The van der Waals surface area contributed by atoms with Gasteiger partial charge in [0.05, 0.1) is 11.3 Å². The van der Waals surface area contributed by atoms with Gasteiger partial charge in [0, 0.05) is 0 Å². The van der Waals surface area contributed by atoms with Gasteiger partial charge in [0.15, 0.2) is 0 Å². The van der Waals surface area contributed by atoms with Gasteiger partial charge in [-0.15, -0.1) is 5.10 Å². The van der Waals surface area contributed by atoms with Crippen molar-refractivity contribution in [3.05, 3.63) is 0 Å². The summed E-state index contributed by atoms with van der Waals surface area (Å²) in [6.07, 6.45) is 5.96. The van der Waals surface area contributed by atoms with Crippen LogP contribution in [0.5, 0.6) is 0 Å². The molecule has 1 aliphatic rings. The fourth-order valence-corrected chi connectivity index (χ4v) is 2.84. The molecule has 0 saturated heterocycles. The fraction of sp³-hybridized carbons (Fsp3) is 0.800. The number of tetrazole rings is 1. The Labute approximate surface area is 104 Å². The molecule has 94 valence electrons. The van der Waals surface area contributed by atoms with Crippen LogP contribution in [0.4, 0.5) is 0 Å². The molecule has 0 unspecified atom stereocenters. The van der Waals surface area contributed by atoms with Gasteiger partial charge in [0.25, 0.3) is 0 Å². The van der Waals surface area contributed by atoms with Gasteiger partial charge in [0.1, 0.15) is 0 Å². The lowest BCUT2D eigenvalue weighted by Crippen LogP contribution is -2.23. The van der Waals surface area contributed by atoms with E-state index < -0.39 is 0 Å². The molecule has 17 heavy (non-hydrogen) atoms. The molecular formula is C10H17N5OS. The zero-order valence-electron chi connectivity index (χ0n) is 9.87. The molecule has 1 aromatic rings. The highest BCUT2D eigenvalue weighted by molar-refractivity contribution is 8.00. The zero-order valence-corrected chi connectivity index (χ0v) is 10.7. The SMILES string of the molecule is C[C@@H](Sc1nnnn1C1CCCCC1)C(N)=O. The van der Waals surface area contributed by atoms with Crippen molar-refractivity contribution in [1.82, 2.24) is 20.2 Å². The maximum absolute atomic E-state index is 11.0. The topological polar surface area (TPSA) is 86.7 Å². The van der Waals surface area contributed by atoms with E-state index in [0.29, 0.717) is 11.2 Å². The monoisotopic (exact) mass is 255 g/mol.